The van der Waals surface area contributed by atoms with Crippen molar-refractivity contribution in [1.82, 2.24) is 9.78 Å². The summed E-state index contributed by atoms with van der Waals surface area (Å²) in [6.07, 6.45) is 6.89. The molecule has 3 heteroatoms. The highest BCUT2D eigenvalue weighted by Gasteiger charge is 2.42. The van der Waals surface area contributed by atoms with Gasteiger partial charge in [0, 0.05) is 18.7 Å². The fourth-order valence-corrected chi connectivity index (χ4v) is 3.40. The lowest BCUT2D eigenvalue weighted by molar-refractivity contribution is -0.0710. The van der Waals surface area contributed by atoms with Crippen molar-refractivity contribution in [3.8, 4) is 0 Å². The SMILES string of the molecule is CCC(C)n1ccc(CC2(O)CCC(C)(C)CC2C)n1. The maximum absolute atomic E-state index is 11.0. The van der Waals surface area contributed by atoms with Crippen LogP contribution in [0.1, 0.15) is 72.0 Å². The predicted molar refractivity (Wildman–Crippen MR) is 82.7 cm³/mol. The second-order valence-corrected chi connectivity index (χ2v) is 7.59. The van der Waals surface area contributed by atoms with Crippen LogP contribution < -0.4 is 0 Å². The highest BCUT2D eigenvalue weighted by atomic mass is 16.3. The molecule has 3 nitrogen and oxygen atoms in total. The first-order valence-corrected chi connectivity index (χ1v) is 8.02. The molecule has 1 aliphatic rings. The highest BCUT2D eigenvalue weighted by Crippen LogP contribution is 2.45. The van der Waals surface area contributed by atoms with Crippen LogP contribution in [-0.2, 0) is 6.42 Å². The van der Waals surface area contributed by atoms with Crippen molar-refractivity contribution in [1.29, 1.82) is 0 Å². The van der Waals surface area contributed by atoms with Gasteiger partial charge in [-0.1, -0.05) is 27.7 Å². The smallest absolute Gasteiger partial charge is 0.0729 e. The fourth-order valence-electron chi connectivity index (χ4n) is 3.40. The number of hydrogen-bond donors (Lipinski definition) is 1. The molecule has 1 aliphatic carbocycles. The van der Waals surface area contributed by atoms with Gasteiger partial charge in [0.05, 0.1) is 11.3 Å². The van der Waals surface area contributed by atoms with Gasteiger partial charge >= 0.3 is 0 Å². The van der Waals surface area contributed by atoms with Crippen LogP contribution >= 0.6 is 0 Å². The Kier molecular flexibility index (Phi) is 4.29. The van der Waals surface area contributed by atoms with Gasteiger partial charge in [0.25, 0.3) is 0 Å². The average Bonchev–Trinajstić information content (AvgIpc) is 2.82. The minimum atomic E-state index is -0.579. The lowest BCUT2D eigenvalue weighted by Crippen LogP contribution is -2.45. The summed E-state index contributed by atoms with van der Waals surface area (Å²) in [6, 6.07) is 2.50. The fraction of sp³-hybridized carbons (Fsp3) is 0.824. The van der Waals surface area contributed by atoms with Crippen LogP contribution in [0.2, 0.25) is 0 Å². The molecule has 1 N–H and O–H groups in total. The number of rotatable bonds is 4. The number of hydrogen-bond acceptors (Lipinski definition) is 2. The van der Waals surface area contributed by atoms with E-state index in [2.05, 4.69) is 45.8 Å². The molecule has 0 radical (unpaired) electrons. The van der Waals surface area contributed by atoms with E-state index in [1.807, 2.05) is 10.9 Å². The van der Waals surface area contributed by atoms with Crippen LogP contribution in [-0.4, -0.2) is 20.5 Å². The second-order valence-electron chi connectivity index (χ2n) is 7.59. The summed E-state index contributed by atoms with van der Waals surface area (Å²) in [4.78, 5) is 0. The van der Waals surface area contributed by atoms with Crippen LogP contribution in [0.4, 0.5) is 0 Å². The third-order valence-corrected chi connectivity index (χ3v) is 5.20. The number of aromatic nitrogens is 2. The van der Waals surface area contributed by atoms with Crippen molar-refractivity contribution < 1.29 is 5.11 Å². The molecule has 1 aromatic rings. The van der Waals surface area contributed by atoms with Gasteiger partial charge in [-0.15, -0.1) is 0 Å². The van der Waals surface area contributed by atoms with Crippen molar-refractivity contribution in [2.75, 3.05) is 0 Å². The van der Waals surface area contributed by atoms with Crippen LogP contribution in [0.3, 0.4) is 0 Å². The minimum absolute atomic E-state index is 0.333. The average molecular weight is 278 g/mol. The standard InChI is InChI=1S/C17H30N2O/c1-6-14(3)19-10-7-15(18-19)12-17(20)9-8-16(4,5)11-13(17)2/h7,10,13-14,20H,6,8-9,11-12H2,1-5H3. The summed E-state index contributed by atoms with van der Waals surface area (Å²) in [5.41, 5.74) is 0.811. The van der Waals surface area contributed by atoms with Crippen LogP contribution in [0.15, 0.2) is 12.3 Å². The zero-order chi connectivity index (χ0) is 15.0. The summed E-state index contributed by atoms with van der Waals surface area (Å²) in [6.45, 7) is 11.1. The van der Waals surface area contributed by atoms with Gasteiger partial charge in [0.2, 0.25) is 0 Å². The number of aliphatic hydroxyl groups is 1. The lowest BCUT2D eigenvalue weighted by atomic mass is 9.64. The molecule has 0 bridgehead atoms. The molecule has 1 saturated carbocycles. The molecule has 0 aromatic carbocycles. The molecule has 1 heterocycles. The van der Waals surface area contributed by atoms with Gasteiger partial charge < -0.3 is 5.11 Å². The van der Waals surface area contributed by atoms with Crippen molar-refractivity contribution in [2.24, 2.45) is 11.3 Å². The van der Waals surface area contributed by atoms with Crippen LogP contribution in [0.25, 0.3) is 0 Å². The molecule has 3 unspecified atom stereocenters. The normalized spacial score (nSPS) is 31.2. The van der Waals surface area contributed by atoms with E-state index in [1.165, 1.54) is 0 Å². The maximum atomic E-state index is 11.0. The van der Waals surface area contributed by atoms with Gasteiger partial charge in [-0.05, 0) is 50.0 Å². The van der Waals surface area contributed by atoms with E-state index in [4.69, 9.17) is 0 Å². The molecule has 1 aromatic heterocycles. The Hall–Kier alpha value is -0.830. The van der Waals surface area contributed by atoms with Gasteiger partial charge in [-0.3, -0.25) is 4.68 Å². The van der Waals surface area contributed by atoms with E-state index >= 15 is 0 Å². The molecule has 114 valence electrons. The van der Waals surface area contributed by atoms with E-state index in [1.54, 1.807) is 0 Å². The molecular weight excluding hydrogens is 248 g/mol. The largest absolute Gasteiger partial charge is 0.389 e. The molecule has 0 amide bonds. The Bertz CT molecular complexity index is 452. The van der Waals surface area contributed by atoms with Crippen LogP contribution in [0.5, 0.6) is 0 Å². The van der Waals surface area contributed by atoms with Gasteiger partial charge in [0.15, 0.2) is 0 Å². The summed E-state index contributed by atoms with van der Waals surface area (Å²) in [7, 11) is 0. The Labute approximate surface area is 123 Å². The molecule has 3 atom stereocenters. The van der Waals surface area contributed by atoms with E-state index in [9.17, 15) is 5.11 Å². The van der Waals surface area contributed by atoms with E-state index < -0.39 is 5.60 Å². The monoisotopic (exact) mass is 278 g/mol. The summed E-state index contributed by atoms with van der Waals surface area (Å²) < 4.78 is 2.02. The predicted octanol–water partition coefficient (Wildman–Crippen LogP) is 3.97. The zero-order valence-corrected chi connectivity index (χ0v) is 13.7. The molecule has 20 heavy (non-hydrogen) atoms. The van der Waals surface area contributed by atoms with E-state index in [0.717, 1.165) is 31.4 Å². The van der Waals surface area contributed by atoms with E-state index in [0.29, 0.717) is 23.8 Å². The second kappa shape index (κ2) is 5.51. The molecule has 0 spiro atoms. The van der Waals surface area contributed by atoms with Crippen LogP contribution in [0, 0.1) is 11.3 Å². The summed E-state index contributed by atoms with van der Waals surface area (Å²) in [5.74, 6) is 0.333. The Morgan fingerprint density at radius 1 is 1.45 bits per heavy atom. The zero-order valence-electron chi connectivity index (χ0n) is 13.7. The topological polar surface area (TPSA) is 38.0 Å². The van der Waals surface area contributed by atoms with Crippen molar-refractivity contribution >= 4 is 0 Å². The van der Waals surface area contributed by atoms with Gasteiger partial charge in [0.1, 0.15) is 0 Å². The van der Waals surface area contributed by atoms with Gasteiger partial charge in [-0.2, -0.15) is 5.10 Å². The Morgan fingerprint density at radius 3 is 2.75 bits per heavy atom. The molecule has 0 aliphatic heterocycles. The van der Waals surface area contributed by atoms with Crippen molar-refractivity contribution in [3.63, 3.8) is 0 Å². The summed E-state index contributed by atoms with van der Waals surface area (Å²) >= 11 is 0. The third kappa shape index (κ3) is 3.25. The van der Waals surface area contributed by atoms with Crippen molar-refractivity contribution in [3.05, 3.63) is 18.0 Å². The minimum Gasteiger partial charge on any atom is -0.389 e. The molecular formula is C17H30N2O. The molecule has 2 rings (SSSR count). The third-order valence-electron chi connectivity index (χ3n) is 5.20. The quantitative estimate of drug-likeness (QED) is 0.905. The van der Waals surface area contributed by atoms with Gasteiger partial charge in [-0.25, -0.2) is 0 Å². The first-order valence-electron chi connectivity index (χ1n) is 8.02. The molecule has 1 fully saturated rings. The van der Waals surface area contributed by atoms with E-state index in [-0.39, 0.29) is 0 Å². The Balaban J connectivity index is 2.07. The lowest BCUT2D eigenvalue weighted by Gasteiger charge is -2.45. The Morgan fingerprint density at radius 2 is 2.15 bits per heavy atom. The van der Waals surface area contributed by atoms with Crippen molar-refractivity contribution in [2.45, 2.75) is 78.4 Å². The first-order chi connectivity index (χ1) is 9.26. The maximum Gasteiger partial charge on any atom is 0.0729 e. The number of nitrogens with zero attached hydrogens (tertiary/aromatic N) is 2. The first kappa shape index (κ1) is 15.6. The summed E-state index contributed by atoms with van der Waals surface area (Å²) in [5, 5.41) is 15.6. The highest BCUT2D eigenvalue weighted by molar-refractivity contribution is 5.07. The molecule has 0 saturated heterocycles.